The molecule has 2 heterocycles. The average Bonchev–Trinajstić information content (AvgIpc) is 2.51. The second kappa shape index (κ2) is 7.97. The van der Waals surface area contributed by atoms with Crippen molar-refractivity contribution in [1.82, 2.24) is 9.88 Å². The zero-order valence-corrected chi connectivity index (χ0v) is 13.6. The summed E-state index contributed by atoms with van der Waals surface area (Å²) in [5.41, 5.74) is -0.254. The molecule has 1 aliphatic rings. The van der Waals surface area contributed by atoms with Crippen LogP contribution in [0, 0.1) is 0 Å². The molecule has 0 spiro atoms. The second-order valence-corrected chi connectivity index (χ2v) is 6.11. The number of nitrogens with zero attached hydrogens (tertiary/aromatic N) is 3. The molecular weight excluding hydrogens is 307 g/mol. The van der Waals surface area contributed by atoms with Crippen LogP contribution in [0.5, 0.6) is 0 Å². The third-order valence-electron chi connectivity index (χ3n) is 3.94. The maximum Gasteiger partial charge on any atom is 0.433 e. The lowest BCUT2D eigenvalue weighted by molar-refractivity contribution is -0.141. The van der Waals surface area contributed by atoms with Crippen molar-refractivity contribution in [3.63, 3.8) is 0 Å². The normalized spacial score (nSPS) is 17.0. The van der Waals surface area contributed by atoms with E-state index < -0.39 is 11.9 Å². The molecule has 0 N–H and O–H groups in total. The number of rotatable bonds is 6. The Balaban J connectivity index is 1.80. The topological polar surface area (TPSA) is 28.6 Å². The molecule has 7 heteroatoms. The molecule has 4 nitrogen and oxygen atoms in total. The highest BCUT2D eigenvalue weighted by molar-refractivity contribution is 5.47. The van der Waals surface area contributed by atoms with Crippen molar-refractivity contribution in [2.45, 2.75) is 31.5 Å². The second-order valence-electron chi connectivity index (χ2n) is 6.11. The number of hydrogen-bond acceptors (Lipinski definition) is 4. The van der Waals surface area contributed by atoms with E-state index in [0.29, 0.717) is 18.8 Å². The Morgan fingerprint density at radius 3 is 2.61 bits per heavy atom. The molecule has 1 fully saturated rings. The third kappa shape index (κ3) is 5.66. The van der Waals surface area contributed by atoms with E-state index in [9.17, 15) is 13.2 Å². The van der Waals surface area contributed by atoms with Crippen LogP contribution >= 0.6 is 0 Å². The molecule has 2 rings (SSSR count). The summed E-state index contributed by atoms with van der Waals surface area (Å²) in [6.07, 6.45) is -0.298. The van der Waals surface area contributed by atoms with Crippen LogP contribution in [0.4, 0.5) is 18.9 Å². The summed E-state index contributed by atoms with van der Waals surface area (Å²) < 4.78 is 44.0. The van der Waals surface area contributed by atoms with Gasteiger partial charge in [0.05, 0.1) is 6.10 Å². The maximum atomic E-state index is 12.7. The number of piperidine rings is 1. The van der Waals surface area contributed by atoms with Crippen molar-refractivity contribution in [2.24, 2.45) is 0 Å². The summed E-state index contributed by atoms with van der Waals surface area (Å²) in [7, 11) is 4.06. The number of aromatic nitrogens is 1. The predicted octanol–water partition coefficient (Wildman–Crippen LogP) is 3.04. The zero-order chi connectivity index (χ0) is 16.9. The van der Waals surface area contributed by atoms with Crippen LogP contribution < -0.4 is 4.90 Å². The highest BCUT2D eigenvalue weighted by Gasteiger charge is 2.33. The van der Waals surface area contributed by atoms with E-state index >= 15 is 0 Å². The lowest BCUT2D eigenvalue weighted by Crippen LogP contribution is -2.37. The Morgan fingerprint density at radius 2 is 2.00 bits per heavy atom. The fourth-order valence-corrected chi connectivity index (χ4v) is 2.68. The SMILES string of the molecule is CN(C)CCCOC1CCN(c2ccnc(C(F)(F)F)c2)CC1. The molecule has 0 aliphatic carbocycles. The first-order valence-electron chi connectivity index (χ1n) is 7.91. The quantitative estimate of drug-likeness (QED) is 0.749. The van der Waals surface area contributed by atoms with Gasteiger partial charge in [0.15, 0.2) is 0 Å². The largest absolute Gasteiger partial charge is 0.433 e. The number of alkyl halides is 3. The monoisotopic (exact) mass is 331 g/mol. The van der Waals surface area contributed by atoms with Crippen LogP contribution in [0.25, 0.3) is 0 Å². The Kier molecular flexibility index (Phi) is 6.24. The van der Waals surface area contributed by atoms with Gasteiger partial charge in [-0.1, -0.05) is 0 Å². The van der Waals surface area contributed by atoms with Crippen LogP contribution in [0.2, 0.25) is 0 Å². The predicted molar refractivity (Wildman–Crippen MR) is 83.6 cm³/mol. The van der Waals surface area contributed by atoms with Crippen molar-refractivity contribution >= 4 is 5.69 Å². The van der Waals surface area contributed by atoms with Crippen molar-refractivity contribution in [2.75, 3.05) is 45.2 Å². The van der Waals surface area contributed by atoms with Gasteiger partial charge in [-0.15, -0.1) is 0 Å². The van der Waals surface area contributed by atoms with Crippen molar-refractivity contribution in [3.8, 4) is 0 Å². The molecule has 0 radical (unpaired) electrons. The summed E-state index contributed by atoms with van der Waals surface area (Å²) in [6, 6.07) is 2.76. The van der Waals surface area contributed by atoms with E-state index in [1.54, 1.807) is 6.07 Å². The summed E-state index contributed by atoms with van der Waals surface area (Å²) in [5, 5.41) is 0. The number of pyridine rings is 1. The fraction of sp³-hybridized carbons (Fsp3) is 0.688. The maximum absolute atomic E-state index is 12.7. The third-order valence-corrected chi connectivity index (χ3v) is 3.94. The van der Waals surface area contributed by atoms with Gasteiger partial charge in [-0.2, -0.15) is 13.2 Å². The molecular formula is C16H24F3N3O. The molecule has 1 aliphatic heterocycles. The van der Waals surface area contributed by atoms with Crippen molar-refractivity contribution in [1.29, 1.82) is 0 Å². The van der Waals surface area contributed by atoms with Crippen LogP contribution in [-0.4, -0.2) is 56.3 Å². The van der Waals surface area contributed by atoms with Crippen molar-refractivity contribution in [3.05, 3.63) is 24.0 Å². The Labute approximate surface area is 135 Å². The molecule has 0 bridgehead atoms. The summed E-state index contributed by atoms with van der Waals surface area (Å²) in [4.78, 5) is 7.49. The molecule has 0 saturated carbocycles. The zero-order valence-electron chi connectivity index (χ0n) is 13.6. The van der Waals surface area contributed by atoms with Crippen LogP contribution in [0.15, 0.2) is 18.3 Å². The first kappa shape index (κ1) is 18.0. The molecule has 1 aromatic rings. The standard InChI is InChI=1S/C16H24F3N3O/c1-21(2)8-3-11-23-14-5-9-22(10-6-14)13-4-7-20-15(12-13)16(17,18)19/h4,7,12,14H,3,5-6,8-11H2,1-2H3. The van der Waals surface area contributed by atoms with Gasteiger partial charge in [-0.3, -0.25) is 4.98 Å². The number of anilines is 1. The van der Waals surface area contributed by atoms with E-state index in [1.165, 1.54) is 6.20 Å². The van der Waals surface area contributed by atoms with E-state index in [4.69, 9.17) is 4.74 Å². The first-order chi connectivity index (χ1) is 10.9. The van der Waals surface area contributed by atoms with Crippen LogP contribution in [0.1, 0.15) is 25.0 Å². The van der Waals surface area contributed by atoms with Gasteiger partial charge in [0.1, 0.15) is 5.69 Å². The van der Waals surface area contributed by atoms with Gasteiger partial charge < -0.3 is 14.5 Å². The van der Waals surface area contributed by atoms with E-state index in [-0.39, 0.29) is 6.10 Å². The van der Waals surface area contributed by atoms with Gasteiger partial charge in [0.2, 0.25) is 0 Å². The Hall–Kier alpha value is -1.34. The van der Waals surface area contributed by atoms with E-state index in [0.717, 1.165) is 38.5 Å². The molecule has 130 valence electrons. The lowest BCUT2D eigenvalue weighted by atomic mass is 10.1. The minimum absolute atomic E-state index is 0.206. The first-order valence-corrected chi connectivity index (χ1v) is 7.91. The smallest absolute Gasteiger partial charge is 0.378 e. The van der Waals surface area contributed by atoms with Gasteiger partial charge in [0.25, 0.3) is 0 Å². The number of hydrogen-bond donors (Lipinski definition) is 0. The van der Waals surface area contributed by atoms with Gasteiger partial charge in [-0.05, 0) is 52.0 Å². The molecule has 23 heavy (non-hydrogen) atoms. The van der Waals surface area contributed by atoms with Gasteiger partial charge in [0, 0.05) is 31.6 Å². The highest BCUT2D eigenvalue weighted by atomic mass is 19.4. The van der Waals surface area contributed by atoms with Gasteiger partial charge >= 0.3 is 6.18 Å². The number of ether oxygens (including phenoxy) is 1. The molecule has 0 aromatic carbocycles. The highest BCUT2D eigenvalue weighted by Crippen LogP contribution is 2.30. The minimum Gasteiger partial charge on any atom is -0.378 e. The lowest BCUT2D eigenvalue weighted by Gasteiger charge is -2.33. The summed E-state index contributed by atoms with van der Waals surface area (Å²) in [6.45, 7) is 3.14. The van der Waals surface area contributed by atoms with E-state index in [1.807, 2.05) is 19.0 Å². The Morgan fingerprint density at radius 1 is 1.30 bits per heavy atom. The van der Waals surface area contributed by atoms with Crippen molar-refractivity contribution < 1.29 is 17.9 Å². The molecule has 0 unspecified atom stereocenters. The fourth-order valence-electron chi connectivity index (χ4n) is 2.68. The number of halogens is 3. The summed E-state index contributed by atoms with van der Waals surface area (Å²) >= 11 is 0. The Bertz CT molecular complexity index is 486. The molecule has 0 atom stereocenters. The summed E-state index contributed by atoms with van der Waals surface area (Å²) in [5.74, 6) is 0. The molecule has 0 amide bonds. The molecule has 1 saturated heterocycles. The molecule has 1 aromatic heterocycles. The van der Waals surface area contributed by atoms with Crippen LogP contribution in [0.3, 0.4) is 0 Å². The van der Waals surface area contributed by atoms with Crippen LogP contribution in [-0.2, 0) is 10.9 Å². The minimum atomic E-state index is -4.40. The average molecular weight is 331 g/mol. The van der Waals surface area contributed by atoms with E-state index in [2.05, 4.69) is 9.88 Å². The van der Waals surface area contributed by atoms with Gasteiger partial charge in [-0.25, -0.2) is 0 Å².